The van der Waals surface area contributed by atoms with Crippen LogP contribution in [0.3, 0.4) is 0 Å². The molecule has 1 rings (SSSR count). The highest BCUT2D eigenvalue weighted by Crippen LogP contribution is 2.34. The molecule has 0 amide bonds. The Morgan fingerprint density at radius 2 is 1.48 bits per heavy atom. The molecular weight excluding hydrogens is 429 g/mol. The normalized spacial score (nSPS) is 28.0. The smallest absolute Gasteiger partial charge is 0.303 e. The second-order valence-electron chi connectivity index (χ2n) is 5.80. The number of esters is 3. The van der Waals surface area contributed by atoms with E-state index in [4.69, 9.17) is 63.9 Å². The van der Waals surface area contributed by atoms with Gasteiger partial charge in [0.15, 0.2) is 0 Å². The molecule has 1 N–H and O–H groups in total. The molecule has 1 heterocycles. The highest BCUT2D eigenvalue weighted by Gasteiger charge is 2.50. The largest absolute Gasteiger partial charge is 0.463 e. The van der Waals surface area contributed by atoms with Gasteiger partial charge >= 0.3 is 17.9 Å². The fraction of sp³-hybridized carbons (Fsp3) is 0.733. The van der Waals surface area contributed by atoms with E-state index in [0.29, 0.717) is 0 Å². The average molecular weight is 449 g/mol. The highest BCUT2D eigenvalue weighted by molar-refractivity contribution is 6.76. The Kier molecular flexibility index (Phi) is 8.59. The van der Waals surface area contributed by atoms with Crippen LogP contribution in [0.15, 0.2) is 0 Å². The van der Waals surface area contributed by atoms with Gasteiger partial charge in [0.05, 0.1) is 0 Å². The Bertz CT molecular complexity index is 594. The zero-order chi connectivity index (χ0) is 20.9. The van der Waals surface area contributed by atoms with Crippen LogP contribution in [0.5, 0.6) is 0 Å². The predicted octanol–water partition coefficient (Wildman–Crippen LogP) is 2.14. The number of ether oxygens (including phenoxy) is 5. The predicted molar refractivity (Wildman–Crippen MR) is 94.7 cm³/mol. The third kappa shape index (κ3) is 7.33. The topological polar surface area (TPSA) is 121 Å². The van der Waals surface area contributed by atoms with Crippen molar-refractivity contribution in [3.05, 3.63) is 0 Å². The Morgan fingerprint density at radius 3 is 1.93 bits per heavy atom. The second-order valence-corrected chi connectivity index (χ2v) is 8.08. The number of rotatable bonds is 5. The molecule has 154 valence electrons. The van der Waals surface area contributed by atoms with Gasteiger partial charge in [0, 0.05) is 26.7 Å². The van der Waals surface area contributed by atoms with E-state index in [9.17, 15) is 14.4 Å². The van der Waals surface area contributed by atoms with Crippen molar-refractivity contribution in [1.29, 1.82) is 5.41 Å². The van der Waals surface area contributed by atoms with E-state index in [1.165, 1.54) is 13.8 Å². The van der Waals surface area contributed by atoms with Crippen LogP contribution in [0.4, 0.5) is 0 Å². The van der Waals surface area contributed by atoms with Crippen molar-refractivity contribution in [2.45, 2.75) is 56.1 Å². The van der Waals surface area contributed by atoms with E-state index < -0.39 is 58.1 Å². The Hall–Kier alpha value is -1.29. The summed E-state index contributed by atoms with van der Waals surface area (Å²) in [6, 6.07) is 0. The maximum Gasteiger partial charge on any atom is 0.303 e. The quantitative estimate of drug-likeness (QED) is 0.223. The van der Waals surface area contributed by atoms with Crippen molar-refractivity contribution in [3.63, 3.8) is 0 Å². The van der Waals surface area contributed by atoms with Crippen LogP contribution >= 0.6 is 34.8 Å². The van der Waals surface area contributed by atoms with Gasteiger partial charge in [-0.1, -0.05) is 41.7 Å². The summed E-state index contributed by atoms with van der Waals surface area (Å²) in [5.74, 6) is -3.26. The first-order chi connectivity index (χ1) is 12.3. The van der Waals surface area contributed by atoms with E-state index in [1.807, 2.05) is 0 Å². The Labute approximate surface area is 170 Å². The summed E-state index contributed by atoms with van der Waals surface area (Å²) in [6.45, 7) is 4.98. The lowest BCUT2D eigenvalue weighted by atomic mass is 9.90. The average Bonchev–Trinajstić information content (AvgIpc) is 2.50. The van der Waals surface area contributed by atoms with Crippen molar-refractivity contribution in [2.24, 2.45) is 5.92 Å². The number of carbonyl (C=O) groups is 3. The molecule has 0 aromatic heterocycles. The number of halogens is 3. The SMILES string of the molecule is CC(=O)OC[C@H]1OC(OC(=N)C(Cl)(Cl)Cl)[C@H](OC(C)=O)[C@@H](OC(C)=O)[C@H]1C. The first kappa shape index (κ1) is 23.7. The molecule has 1 fully saturated rings. The molecule has 27 heavy (non-hydrogen) atoms. The van der Waals surface area contributed by atoms with Gasteiger partial charge in [-0.05, 0) is 0 Å². The van der Waals surface area contributed by atoms with Crippen molar-refractivity contribution in [2.75, 3.05) is 6.61 Å². The van der Waals surface area contributed by atoms with Gasteiger partial charge in [-0.25, -0.2) is 0 Å². The fourth-order valence-corrected chi connectivity index (χ4v) is 2.52. The third-order valence-electron chi connectivity index (χ3n) is 3.55. The maximum absolute atomic E-state index is 11.5. The minimum Gasteiger partial charge on any atom is -0.463 e. The molecular formula is C15H20Cl3NO8. The monoisotopic (exact) mass is 447 g/mol. The molecule has 0 bridgehead atoms. The van der Waals surface area contributed by atoms with Gasteiger partial charge in [-0.15, -0.1) is 0 Å². The molecule has 1 aliphatic rings. The van der Waals surface area contributed by atoms with Crippen molar-refractivity contribution >= 4 is 58.6 Å². The zero-order valence-electron chi connectivity index (χ0n) is 15.0. The van der Waals surface area contributed by atoms with E-state index in [-0.39, 0.29) is 6.61 Å². The Morgan fingerprint density at radius 1 is 0.963 bits per heavy atom. The van der Waals surface area contributed by atoms with Crippen LogP contribution in [0, 0.1) is 11.3 Å². The summed E-state index contributed by atoms with van der Waals surface area (Å²) in [5, 5.41) is 7.71. The standard InChI is InChI=1S/C15H20Cl3NO8/c1-6-10(5-23-7(2)20)26-13(27-14(19)15(16,17)18)12(25-9(4)22)11(6)24-8(3)21/h6,10-13,19H,5H2,1-4H3/t6-,10+,11-,12+,13?/m0/s1. The lowest BCUT2D eigenvalue weighted by molar-refractivity contribution is -0.275. The van der Waals surface area contributed by atoms with Gasteiger partial charge in [-0.3, -0.25) is 19.8 Å². The van der Waals surface area contributed by atoms with E-state index in [0.717, 1.165) is 6.92 Å². The van der Waals surface area contributed by atoms with Crippen LogP contribution in [0.25, 0.3) is 0 Å². The van der Waals surface area contributed by atoms with Crippen LogP contribution in [-0.4, -0.2) is 58.8 Å². The van der Waals surface area contributed by atoms with Crippen LogP contribution in [0.2, 0.25) is 0 Å². The molecule has 0 saturated carbocycles. The van der Waals surface area contributed by atoms with Gasteiger partial charge in [0.1, 0.15) is 18.8 Å². The summed E-state index contributed by atoms with van der Waals surface area (Å²) in [4.78, 5) is 34.1. The minimum absolute atomic E-state index is 0.192. The number of carbonyl (C=O) groups excluding carboxylic acids is 3. The molecule has 12 heteroatoms. The maximum atomic E-state index is 11.5. The second kappa shape index (κ2) is 9.77. The van der Waals surface area contributed by atoms with Crippen LogP contribution < -0.4 is 0 Å². The van der Waals surface area contributed by atoms with Gasteiger partial charge in [0.2, 0.25) is 18.3 Å². The first-order valence-electron chi connectivity index (χ1n) is 7.78. The molecule has 1 saturated heterocycles. The van der Waals surface area contributed by atoms with E-state index in [1.54, 1.807) is 6.92 Å². The van der Waals surface area contributed by atoms with Gasteiger partial charge in [0.25, 0.3) is 3.79 Å². The molecule has 0 spiro atoms. The number of hydrogen-bond acceptors (Lipinski definition) is 9. The molecule has 1 aliphatic heterocycles. The molecule has 5 atom stereocenters. The summed E-state index contributed by atoms with van der Waals surface area (Å²) in [5.41, 5.74) is 0. The van der Waals surface area contributed by atoms with Crippen molar-refractivity contribution in [3.8, 4) is 0 Å². The number of nitrogens with one attached hydrogen (secondary N) is 1. The number of alkyl halides is 3. The van der Waals surface area contributed by atoms with Gasteiger partial charge < -0.3 is 23.7 Å². The first-order valence-corrected chi connectivity index (χ1v) is 8.92. The molecule has 1 unspecified atom stereocenters. The van der Waals surface area contributed by atoms with Crippen LogP contribution in [0.1, 0.15) is 27.7 Å². The third-order valence-corrected chi connectivity index (χ3v) is 4.07. The Balaban J connectivity index is 3.17. The highest BCUT2D eigenvalue weighted by atomic mass is 35.6. The molecule has 0 aliphatic carbocycles. The number of hydrogen-bond donors (Lipinski definition) is 1. The summed E-state index contributed by atoms with van der Waals surface area (Å²) in [7, 11) is 0. The summed E-state index contributed by atoms with van der Waals surface area (Å²) < 4.78 is 24.1. The lowest BCUT2D eigenvalue weighted by Gasteiger charge is -2.43. The molecule has 0 aromatic carbocycles. The minimum atomic E-state index is -2.20. The summed E-state index contributed by atoms with van der Waals surface area (Å²) in [6.07, 6.45) is -4.52. The van der Waals surface area contributed by atoms with Crippen molar-refractivity contribution in [1.82, 2.24) is 0 Å². The molecule has 9 nitrogen and oxygen atoms in total. The zero-order valence-corrected chi connectivity index (χ0v) is 17.3. The van der Waals surface area contributed by atoms with Gasteiger partial charge in [-0.2, -0.15) is 0 Å². The van der Waals surface area contributed by atoms with Crippen LogP contribution in [-0.2, 0) is 38.1 Å². The summed E-state index contributed by atoms with van der Waals surface area (Å²) >= 11 is 16.8. The van der Waals surface area contributed by atoms with Crippen molar-refractivity contribution < 1.29 is 38.1 Å². The fourth-order valence-electron chi connectivity index (χ4n) is 2.39. The van der Waals surface area contributed by atoms with E-state index >= 15 is 0 Å². The van der Waals surface area contributed by atoms with E-state index in [2.05, 4.69) is 0 Å². The molecule has 0 radical (unpaired) electrons. The molecule has 0 aromatic rings. The lowest BCUT2D eigenvalue weighted by Crippen LogP contribution is -2.59.